The molecule has 17 heavy (non-hydrogen) atoms. The molecule has 0 aliphatic rings. The highest BCUT2D eigenvalue weighted by atomic mass is 32.3. The maximum Gasteiger partial charge on any atom is 0.455 e. The Bertz CT molecular complexity index is 462. The van der Waals surface area contributed by atoms with Gasteiger partial charge in [0, 0.05) is 0 Å². The summed E-state index contributed by atoms with van der Waals surface area (Å²) in [6.07, 6.45) is -5.85. The van der Waals surface area contributed by atoms with Crippen molar-refractivity contribution in [2.75, 3.05) is 6.61 Å². The van der Waals surface area contributed by atoms with E-state index in [0.717, 1.165) is 6.07 Å². The van der Waals surface area contributed by atoms with Crippen molar-refractivity contribution in [2.45, 2.75) is 16.3 Å². The lowest BCUT2D eigenvalue weighted by Gasteiger charge is -2.18. The molecule has 0 aromatic carbocycles. The molecule has 0 spiro atoms. The fourth-order valence-electron chi connectivity index (χ4n) is 0.697. The van der Waals surface area contributed by atoms with Crippen LogP contribution < -0.4 is 0 Å². The van der Waals surface area contributed by atoms with Crippen molar-refractivity contribution in [1.82, 2.24) is 0 Å². The first-order valence-electron chi connectivity index (χ1n) is 3.94. The summed E-state index contributed by atoms with van der Waals surface area (Å²) in [5, 5.41) is 1.32. The Balaban J connectivity index is 2.76. The fraction of sp³-hybridized carbons (Fsp3) is 0.429. The molecule has 0 N–H and O–H groups in total. The lowest BCUT2D eigenvalue weighted by atomic mass is 10.3. The number of hydrogen-bond donors (Lipinski definition) is 0. The van der Waals surface area contributed by atoms with E-state index < -0.39 is 33.0 Å². The van der Waals surface area contributed by atoms with Crippen molar-refractivity contribution in [2.24, 2.45) is 0 Å². The normalized spacial score (nSPS) is 13.9. The van der Waals surface area contributed by atoms with Crippen LogP contribution in [0.25, 0.3) is 0 Å². The number of halogens is 5. The van der Waals surface area contributed by atoms with Gasteiger partial charge in [0.05, 0.1) is 0 Å². The Morgan fingerprint density at radius 1 is 1.24 bits per heavy atom. The van der Waals surface area contributed by atoms with Gasteiger partial charge in [-0.25, -0.2) is 0 Å². The first kappa shape index (κ1) is 14.3. The third-order valence-corrected chi connectivity index (χ3v) is 4.17. The summed E-state index contributed by atoms with van der Waals surface area (Å²) in [5.74, 6) is -5.21. The zero-order valence-corrected chi connectivity index (χ0v) is 9.50. The van der Waals surface area contributed by atoms with Crippen molar-refractivity contribution >= 4 is 21.5 Å². The van der Waals surface area contributed by atoms with E-state index in [4.69, 9.17) is 0 Å². The van der Waals surface area contributed by atoms with E-state index in [0.29, 0.717) is 11.3 Å². The smallest absolute Gasteiger partial charge is 0.259 e. The lowest BCUT2D eigenvalue weighted by Crippen LogP contribution is -2.41. The molecule has 0 aliphatic carbocycles. The van der Waals surface area contributed by atoms with Crippen molar-refractivity contribution in [3.8, 4) is 0 Å². The molecule has 10 heteroatoms. The van der Waals surface area contributed by atoms with Crippen molar-refractivity contribution in [3.63, 3.8) is 0 Å². The van der Waals surface area contributed by atoms with Gasteiger partial charge in [0.2, 0.25) is 0 Å². The summed E-state index contributed by atoms with van der Waals surface area (Å²) in [6, 6.07) is 2.33. The predicted octanol–water partition coefficient (Wildman–Crippen LogP) is 2.65. The van der Waals surface area contributed by atoms with Crippen LogP contribution in [0.2, 0.25) is 0 Å². The first-order chi connectivity index (χ1) is 7.56. The van der Waals surface area contributed by atoms with Crippen LogP contribution in [0.4, 0.5) is 22.0 Å². The average molecular weight is 296 g/mol. The van der Waals surface area contributed by atoms with Crippen LogP contribution in [0, 0.1) is 0 Å². The van der Waals surface area contributed by atoms with Gasteiger partial charge in [-0.2, -0.15) is 30.4 Å². The monoisotopic (exact) mass is 296 g/mol. The molecule has 0 bridgehead atoms. The maximum atomic E-state index is 12.4. The van der Waals surface area contributed by atoms with Gasteiger partial charge in [0.15, 0.2) is 0 Å². The van der Waals surface area contributed by atoms with E-state index in [1.54, 1.807) is 0 Å². The summed E-state index contributed by atoms with van der Waals surface area (Å²) < 4.78 is 85.5. The topological polar surface area (TPSA) is 43.4 Å². The highest BCUT2D eigenvalue weighted by molar-refractivity contribution is 7.89. The minimum atomic E-state index is -5.85. The molecule has 0 fully saturated rings. The highest BCUT2D eigenvalue weighted by Crippen LogP contribution is 2.36. The van der Waals surface area contributed by atoms with Crippen LogP contribution in [-0.4, -0.2) is 27.1 Å². The largest absolute Gasteiger partial charge is 0.455 e. The predicted molar refractivity (Wildman–Crippen MR) is 48.5 cm³/mol. The molecule has 0 amide bonds. The number of thiophene rings is 1. The van der Waals surface area contributed by atoms with Gasteiger partial charge >= 0.3 is 22.2 Å². The second kappa shape index (κ2) is 4.50. The summed E-state index contributed by atoms with van der Waals surface area (Å²) in [5.41, 5.74) is 0. The maximum absolute atomic E-state index is 12.4. The molecule has 98 valence electrons. The van der Waals surface area contributed by atoms with Crippen LogP contribution in [0.15, 0.2) is 21.7 Å². The second-order valence-corrected chi connectivity index (χ2v) is 5.64. The Kier molecular flexibility index (Phi) is 3.79. The molecule has 0 saturated carbocycles. The molecule has 1 aromatic rings. The fourth-order valence-corrected chi connectivity index (χ4v) is 2.59. The molecule has 0 unspecified atom stereocenters. The van der Waals surface area contributed by atoms with Gasteiger partial charge in [-0.3, -0.25) is 4.18 Å². The van der Waals surface area contributed by atoms with Crippen LogP contribution in [0.5, 0.6) is 0 Å². The summed E-state index contributed by atoms with van der Waals surface area (Å²) >= 11 is 0.649. The van der Waals surface area contributed by atoms with Gasteiger partial charge in [0.1, 0.15) is 10.8 Å². The average Bonchev–Trinajstić information content (AvgIpc) is 2.66. The molecule has 0 radical (unpaired) electrons. The summed E-state index contributed by atoms with van der Waals surface area (Å²) in [7, 11) is -4.57. The van der Waals surface area contributed by atoms with E-state index in [9.17, 15) is 30.4 Å². The minimum absolute atomic E-state index is 0.435. The van der Waals surface area contributed by atoms with Crippen LogP contribution in [-0.2, 0) is 14.3 Å². The van der Waals surface area contributed by atoms with E-state index in [1.165, 1.54) is 11.4 Å². The Morgan fingerprint density at radius 2 is 1.82 bits per heavy atom. The van der Waals surface area contributed by atoms with Crippen molar-refractivity contribution < 1.29 is 34.6 Å². The third-order valence-electron chi connectivity index (χ3n) is 1.55. The first-order valence-corrected chi connectivity index (χ1v) is 6.22. The van der Waals surface area contributed by atoms with Gasteiger partial charge in [-0.05, 0) is 11.4 Å². The van der Waals surface area contributed by atoms with Gasteiger partial charge in [-0.15, -0.1) is 11.3 Å². The molecule has 0 aliphatic heterocycles. The Morgan fingerprint density at radius 3 is 2.24 bits per heavy atom. The van der Waals surface area contributed by atoms with E-state index >= 15 is 0 Å². The number of alkyl halides is 5. The molecule has 0 atom stereocenters. The number of rotatable bonds is 4. The quantitative estimate of drug-likeness (QED) is 0.634. The SMILES string of the molecule is O=S(=O)(OCC(F)(F)C(F)(F)F)c1cccs1. The molecule has 3 nitrogen and oxygen atoms in total. The summed E-state index contributed by atoms with van der Waals surface area (Å²) in [6.45, 7) is -2.27. The molecule has 0 saturated heterocycles. The van der Waals surface area contributed by atoms with Crippen LogP contribution in [0.1, 0.15) is 0 Å². The summed E-state index contributed by atoms with van der Waals surface area (Å²) in [4.78, 5) is 0. The molecule has 1 rings (SSSR count). The van der Waals surface area contributed by atoms with Gasteiger partial charge < -0.3 is 0 Å². The van der Waals surface area contributed by atoms with Crippen LogP contribution in [0.3, 0.4) is 0 Å². The molecular weight excluding hydrogens is 291 g/mol. The zero-order valence-electron chi connectivity index (χ0n) is 7.87. The molecule has 1 heterocycles. The third kappa shape index (κ3) is 3.36. The van der Waals surface area contributed by atoms with Crippen molar-refractivity contribution in [3.05, 3.63) is 17.5 Å². The van der Waals surface area contributed by atoms with Gasteiger partial charge in [0.25, 0.3) is 0 Å². The van der Waals surface area contributed by atoms with Crippen LogP contribution >= 0.6 is 11.3 Å². The Labute approximate surface area is 96.9 Å². The Hall–Kier alpha value is -0.740. The molecular formula is C7H5F5O3S2. The molecule has 1 aromatic heterocycles. The lowest BCUT2D eigenvalue weighted by molar-refractivity contribution is -0.289. The van der Waals surface area contributed by atoms with Crippen molar-refractivity contribution in [1.29, 1.82) is 0 Å². The zero-order chi connectivity index (χ0) is 13.3. The second-order valence-electron chi connectivity index (χ2n) is 2.85. The van der Waals surface area contributed by atoms with E-state index in [2.05, 4.69) is 4.18 Å². The van der Waals surface area contributed by atoms with Gasteiger partial charge in [-0.1, -0.05) is 6.07 Å². The highest BCUT2D eigenvalue weighted by Gasteiger charge is 2.58. The minimum Gasteiger partial charge on any atom is -0.259 e. The van der Waals surface area contributed by atoms with E-state index in [-0.39, 0.29) is 0 Å². The standard InChI is InChI=1S/C7H5F5O3S2/c8-6(9,7(10,11)12)4-15-17(13,14)5-2-1-3-16-5/h1-3H,4H2. The number of hydrogen-bond acceptors (Lipinski definition) is 4. The van der Waals surface area contributed by atoms with E-state index in [1.807, 2.05) is 0 Å².